The molecular formula is C16H15Cl2F. The summed E-state index contributed by atoms with van der Waals surface area (Å²) in [6.07, 6.45) is 0.758. The second-order valence-electron chi connectivity index (χ2n) is 4.66. The lowest BCUT2D eigenvalue weighted by atomic mass is 9.90. The Morgan fingerprint density at radius 1 is 1.16 bits per heavy atom. The molecule has 0 aromatic heterocycles. The summed E-state index contributed by atoms with van der Waals surface area (Å²) in [5.74, 6) is 0.355. The fourth-order valence-corrected chi connectivity index (χ4v) is 2.72. The maximum Gasteiger partial charge on any atom is 0.141 e. The van der Waals surface area contributed by atoms with Gasteiger partial charge in [-0.2, -0.15) is 0 Å². The second kappa shape index (κ2) is 6.40. The Morgan fingerprint density at radius 3 is 2.53 bits per heavy atom. The largest absolute Gasteiger partial charge is 0.205 e. The Labute approximate surface area is 123 Å². The van der Waals surface area contributed by atoms with E-state index in [0.29, 0.717) is 5.88 Å². The SMILES string of the molecule is Cc1ccccc1C(CCl)Cc1ccc(F)c(Cl)c1. The van der Waals surface area contributed by atoms with E-state index < -0.39 is 0 Å². The molecular weight excluding hydrogens is 282 g/mol. The fraction of sp³-hybridized carbons (Fsp3) is 0.250. The zero-order valence-electron chi connectivity index (χ0n) is 10.7. The molecule has 0 bridgehead atoms. The molecule has 0 heterocycles. The number of hydrogen-bond acceptors (Lipinski definition) is 0. The van der Waals surface area contributed by atoms with Crippen LogP contribution in [-0.2, 0) is 6.42 Å². The van der Waals surface area contributed by atoms with E-state index in [4.69, 9.17) is 23.2 Å². The van der Waals surface area contributed by atoms with Gasteiger partial charge in [0.1, 0.15) is 5.82 Å². The summed E-state index contributed by atoms with van der Waals surface area (Å²) in [6.45, 7) is 2.08. The lowest BCUT2D eigenvalue weighted by Gasteiger charge is -2.17. The van der Waals surface area contributed by atoms with Crippen molar-refractivity contribution in [1.82, 2.24) is 0 Å². The summed E-state index contributed by atoms with van der Waals surface area (Å²) in [4.78, 5) is 0. The number of hydrogen-bond donors (Lipinski definition) is 0. The smallest absolute Gasteiger partial charge is 0.141 e. The summed E-state index contributed by atoms with van der Waals surface area (Å²) >= 11 is 11.9. The molecule has 0 aliphatic heterocycles. The summed E-state index contributed by atoms with van der Waals surface area (Å²) in [5, 5.41) is 0.163. The molecule has 2 aromatic carbocycles. The Bertz CT molecular complexity index is 566. The van der Waals surface area contributed by atoms with Gasteiger partial charge < -0.3 is 0 Å². The fourth-order valence-electron chi connectivity index (χ4n) is 2.24. The van der Waals surface area contributed by atoms with Crippen LogP contribution in [-0.4, -0.2) is 5.88 Å². The molecule has 0 saturated heterocycles. The van der Waals surface area contributed by atoms with Gasteiger partial charge in [-0.05, 0) is 42.2 Å². The third-order valence-corrected chi connectivity index (χ3v) is 3.94. The highest BCUT2D eigenvalue weighted by Gasteiger charge is 2.14. The number of halogens is 3. The van der Waals surface area contributed by atoms with Crippen molar-refractivity contribution in [3.8, 4) is 0 Å². The standard InChI is InChI=1S/C16H15Cl2F/c1-11-4-2-3-5-14(11)13(10-17)8-12-6-7-16(19)15(18)9-12/h2-7,9,13H,8,10H2,1H3. The molecule has 100 valence electrons. The molecule has 3 heteroatoms. The lowest BCUT2D eigenvalue weighted by Crippen LogP contribution is -2.06. The molecule has 0 N–H and O–H groups in total. The van der Waals surface area contributed by atoms with E-state index in [-0.39, 0.29) is 16.8 Å². The summed E-state index contributed by atoms with van der Waals surface area (Å²) in [5.41, 5.74) is 3.46. The molecule has 0 amide bonds. The van der Waals surface area contributed by atoms with Crippen LogP contribution in [0.25, 0.3) is 0 Å². The zero-order valence-corrected chi connectivity index (χ0v) is 12.2. The Kier molecular flexibility index (Phi) is 4.84. The van der Waals surface area contributed by atoms with Crippen molar-refractivity contribution in [1.29, 1.82) is 0 Å². The van der Waals surface area contributed by atoms with Crippen molar-refractivity contribution in [2.24, 2.45) is 0 Å². The van der Waals surface area contributed by atoms with Crippen LogP contribution < -0.4 is 0 Å². The predicted molar refractivity (Wildman–Crippen MR) is 79.8 cm³/mol. The topological polar surface area (TPSA) is 0 Å². The number of benzene rings is 2. The lowest BCUT2D eigenvalue weighted by molar-refractivity contribution is 0.626. The van der Waals surface area contributed by atoms with Crippen molar-refractivity contribution >= 4 is 23.2 Å². The molecule has 1 unspecified atom stereocenters. The highest BCUT2D eigenvalue weighted by atomic mass is 35.5. The summed E-state index contributed by atoms with van der Waals surface area (Å²) in [7, 11) is 0. The van der Waals surface area contributed by atoms with Gasteiger partial charge in [0, 0.05) is 11.8 Å². The van der Waals surface area contributed by atoms with E-state index in [9.17, 15) is 4.39 Å². The average molecular weight is 297 g/mol. The molecule has 2 aromatic rings. The first kappa shape index (κ1) is 14.4. The van der Waals surface area contributed by atoms with E-state index in [1.54, 1.807) is 12.1 Å². The molecule has 2 rings (SSSR count). The van der Waals surface area contributed by atoms with Gasteiger partial charge >= 0.3 is 0 Å². The van der Waals surface area contributed by atoms with Crippen LogP contribution in [0.2, 0.25) is 5.02 Å². The molecule has 0 aliphatic carbocycles. The molecule has 19 heavy (non-hydrogen) atoms. The molecule has 0 fully saturated rings. The first-order chi connectivity index (χ1) is 9.11. The van der Waals surface area contributed by atoms with E-state index >= 15 is 0 Å². The van der Waals surface area contributed by atoms with Gasteiger partial charge in [0.2, 0.25) is 0 Å². The zero-order chi connectivity index (χ0) is 13.8. The highest BCUT2D eigenvalue weighted by Crippen LogP contribution is 2.26. The molecule has 0 nitrogen and oxygen atoms in total. The maximum absolute atomic E-state index is 13.1. The van der Waals surface area contributed by atoms with Gasteiger partial charge in [0.05, 0.1) is 5.02 Å². The molecule has 0 saturated carbocycles. The Balaban J connectivity index is 2.24. The van der Waals surface area contributed by atoms with Crippen LogP contribution in [0.5, 0.6) is 0 Å². The van der Waals surface area contributed by atoms with Crippen LogP contribution >= 0.6 is 23.2 Å². The Morgan fingerprint density at radius 2 is 1.89 bits per heavy atom. The maximum atomic E-state index is 13.1. The van der Waals surface area contributed by atoms with Gasteiger partial charge in [-0.1, -0.05) is 41.9 Å². The van der Waals surface area contributed by atoms with Crippen molar-refractivity contribution < 1.29 is 4.39 Å². The quantitative estimate of drug-likeness (QED) is 0.667. The third kappa shape index (κ3) is 3.49. The summed E-state index contributed by atoms with van der Waals surface area (Å²) < 4.78 is 13.1. The number of alkyl halides is 1. The van der Waals surface area contributed by atoms with Gasteiger partial charge in [-0.15, -0.1) is 11.6 Å². The molecule has 0 spiro atoms. The van der Waals surface area contributed by atoms with Crippen molar-refractivity contribution in [3.05, 3.63) is 70.0 Å². The van der Waals surface area contributed by atoms with Crippen LogP contribution in [0.15, 0.2) is 42.5 Å². The van der Waals surface area contributed by atoms with Gasteiger partial charge in [0.25, 0.3) is 0 Å². The first-order valence-electron chi connectivity index (χ1n) is 6.17. The summed E-state index contributed by atoms with van der Waals surface area (Å²) in [6, 6.07) is 13.0. The number of aryl methyl sites for hydroxylation is 1. The third-order valence-electron chi connectivity index (χ3n) is 3.28. The van der Waals surface area contributed by atoms with Crippen molar-refractivity contribution in [2.45, 2.75) is 19.3 Å². The van der Waals surface area contributed by atoms with E-state index in [1.807, 2.05) is 12.1 Å². The first-order valence-corrected chi connectivity index (χ1v) is 7.08. The highest BCUT2D eigenvalue weighted by molar-refractivity contribution is 6.30. The van der Waals surface area contributed by atoms with E-state index in [1.165, 1.54) is 17.2 Å². The van der Waals surface area contributed by atoms with Crippen molar-refractivity contribution in [2.75, 3.05) is 5.88 Å². The minimum absolute atomic E-state index is 0.163. The normalized spacial score (nSPS) is 12.4. The van der Waals surface area contributed by atoms with Gasteiger partial charge in [-0.3, -0.25) is 0 Å². The predicted octanol–water partition coefficient (Wildman–Crippen LogP) is 5.35. The molecule has 0 aliphatic rings. The van der Waals surface area contributed by atoms with Crippen LogP contribution in [0.4, 0.5) is 4.39 Å². The van der Waals surface area contributed by atoms with Crippen LogP contribution in [0.1, 0.15) is 22.6 Å². The second-order valence-corrected chi connectivity index (χ2v) is 5.38. The Hall–Kier alpha value is -1.05. The molecule has 0 radical (unpaired) electrons. The molecule has 1 atom stereocenters. The van der Waals surface area contributed by atoms with Gasteiger partial charge in [-0.25, -0.2) is 4.39 Å². The minimum Gasteiger partial charge on any atom is -0.205 e. The average Bonchev–Trinajstić information content (AvgIpc) is 2.41. The number of rotatable bonds is 4. The van der Waals surface area contributed by atoms with Crippen LogP contribution in [0, 0.1) is 12.7 Å². The van der Waals surface area contributed by atoms with E-state index in [0.717, 1.165) is 12.0 Å². The van der Waals surface area contributed by atoms with Gasteiger partial charge in [0.15, 0.2) is 0 Å². The van der Waals surface area contributed by atoms with E-state index in [2.05, 4.69) is 19.1 Å². The monoisotopic (exact) mass is 296 g/mol. The van der Waals surface area contributed by atoms with Crippen molar-refractivity contribution in [3.63, 3.8) is 0 Å². The van der Waals surface area contributed by atoms with Crippen LogP contribution in [0.3, 0.4) is 0 Å². The minimum atomic E-state index is -0.385.